The average molecular weight is 354 g/mol. The molecule has 1 saturated heterocycles. The number of piperidine rings is 1. The Labute approximate surface area is 145 Å². The summed E-state index contributed by atoms with van der Waals surface area (Å²) >= 11 is 0. The molecule has 1 aromatic rings. The molecule has 0 saturated carbocycles. The summed E-state index contributed by atoms with van der Waals surface area (Å²) in [7, 11) is 0.0830. The molecule has 2 aliphatic rings. The molecule has 2 atom stereocenters. The molecular weight excluding hydrogens is 327 g/mol. The molecule has 1 aliphatic carbocycles. The number of benzene rings is 1. The number of hydrogen-bond acceptors (Lipinski definition) is 3. The molecule has 3 N–H and O–H groups in total. The lowest BCUT2D eigenvalue weighted by Gasteiger charge is -2.42. The quantitative estimate of drug-likeness (QED) is 0.874. The van der Waals surface area contributed by atoms with Crippen LogP contribution in [0.1, 0.15) is 50.2 Å². The van der Waals surface area contributed by atoms with E-state index in [1.807, 2.05) is 19.9 Å². The molecule has 4 nitrogen and oxygen atoms in total. The van der Waals surface area contributed by atoms with E-state index in [2.05, 4.69) is 5.32 Å². The lowest BCUT2D eigenvalue weighted by atomic mass is 9.67. The number of rotatable bonds is 4. The first-order valence-electron chi connectivity index (χ1n) is 8.52. The first kappa shape index (κ1) is 17.8. The number of methoxy groups -OCH3 is 1. The number of ether oxygens (including phenoxy) is 1. The second-order valence-electron chi connectivity index (χ2n) is 7.79. The van der Waals surface area contributed by atoms with Crippen LogP contribution in [0.2, 0.25) is 0 Å². The van der Waals surface area contributed by atoms with Crippen molar-refractivity contribution in [3.05, 3.63) is 29.1 Å². The van der Waals surface area contributed by atoms with E-state index in [9.17, 15) is 8.60 Å². The molecule has 0 radical (unpaired) electrons. The van der Waals surface area contributed by atoms with E-state index in [-0.39, 0.29) is 17.2 Å². The highest BCUT2D eigenvalue weighted by Gasteiger charge is 2.49. The fourth-order valence-corrected chi connectivity index (χ4v) is 4.76. The van der Waals surface area contributed by atoms with Gasteiger partial charge in [-0.1, -0.05) is 0 Å². The third kappa shape index (κ3) is 3.00. The van der Waals surface area contributed by atoms with Gasteiger partial charge in [-0.15, -0.1) is 0 Å². The van der Waals surface area contributed by atoms with Gasteiger partial charge in [0.2, 0.25) is 0 Å². The maximum atomic E-state index is 14.3. The fraction of sp³-hybridized carbons (Fsp3) is 0.667. The molecule has 6 heteroatoms. The van der Waals surface area contributed by atoms with Gasteiger partial charge in [-0.25, -0.2) is 8.60 Å². The van der Waals surface area contributed by atoms with Crippen molar-refractivity contribution in [1.82, 2.24) is 5.32 Å². The minimum Gasteiger partial charge on any atom is -0.494 e. The normalized spacial score (nSPS) is 24.0. The maximum Gasteiger partial charge on any atom is 0.165 e. The van der Waals surface area contributed by atoms with Crippen molar-refractivity contribution in [2.24, 2.45) is 10.6 Å². The van der Waals surface area contributed by atoms with Gasteiger partial charge in [-0.3, -0.25) is 5.14 Å². The van der Waals surface area contributed by atoms with Crippen LogP contribution in [-0.4, -0.2) is 29.2 Å². The Hall–Kier alpha value is -0.980. The summed E-state index contributed by atoms with van der Waals surface area (Å²) in [5.74, 6) is 0.163. The second kappa shape index (κ2) is 6.39. The van der Waals surface area contributed by atoms with Crippen LogP contribution in [0.25, 0.3) is 0 Å². The zero-order chi connectivity index (χ0) is 17.5. The van der Waals surface area contributed by atoms with E-state index in [1.165, 1.54) is 12.7 Å². The van der Waals surface area contributed by atoms with E-state index >= 15 is 0 Å². The van der Waals surface area contributed by atoms with Gasteiger partial charge in [0.1, 0.15) is 0 Å². The number of nitrogens with two attached hydrogens (primary N) is 1. The smallest absolute Gasteiger partial charge is 0.165 e. The summed E-state index contributed by atoms with van der Waals surface area (Å²) < 4.78 is 31.0. The summed E-state index contributed by atoms with van der Waals surface area (Å²) in [6, 6.07) is 3.48. The summed E-state index contributed by atoms with van der Waals surface area (Å²) in [4.78, 5) is 0. The van der Waals surface area contributed by atoms with Gasteiger partial charge in [0.05, 0.1) is 22.8 Å². The summed E-state index contributed by atoms with van der Waals surface area (Å²) in [5, 5.41) is 9.15. The van der Waals surface area contributed by atoms with Gasteiger partial charge in [-0.2, -0.15) is 0 Å². The standard InChI is InChI=1S/C18H27FN2O2S/c1-17(2,24(20)22)11-14-13-9-15(19)16(23-3)8-12(13)10-18(14)4-6-21-7-5-18/h8-9,14,21H,4-7,10-11,20H2,1-3H3/t14-,24?/m1/s1. The molecule has 134 valence electrons. The highest BCUT2D eigenvalue weighted by Crippen LogP contribution is 2.56. The number of nitrogens with one attached hydrogen (secondary N) is 1. The molecule has 0 amide bonds. The van der Waals surface area contributed by atoms with Crippen LogP contribution in [0, 0.1) is 11.2 Å². The van der Waals surface area contributed by atoms with Crippen molar-refractivity contribution < 1.29 is 13.3 Å². The predicted octanol–water partition coefficient (Wildman–Crippen LogP) is 2.63. The van der Waals surface area contributed by atoms with E-state index in [0.29, 0.717) is 12.2 Å². The number of halogens is 1. The molecule has 0 aromatic heterocycles. The maximum absolute atomic E-state index is 14.3. The Morgan fingerprint density at radius 1 is 1.42 bits per heavy atom. The SMILES string of the molecule is COc1cc2c(cc1F)[C@@H](CC(C)(C)S(N)=O)C1(CCNCC1)C2. The van der Waals surface area contributed by atoms with Crippen LogP contribution in [0.5, 0.6) is 5.75 Å². The molecule has 1 aliphatic heterocycles. The van der Waals surface area contributed by atoms with Crippen molar-refractivity contribution in [2.75, 3.05) is 20.2 Å². The van der Waals surface area contributed by atoms with E-state index < -0.39 is 15.7 Å². The van der Waals surface area contributed by atoms with E-state index in [1.54, 1.807) is 6.07 Å². The Kier molecular flexibility index (Phi) is 4.75. The first-order valence-corrected chi connectivity index (χ1v) is 9.74. The first-order chi connectivity index (χ1) is 11.3. The zero-order valence-corrected chi connectivity index (χ0v) is 15.5. The third-order valence-electron chi connectivity index (χ3n) is 5.91. The Morgan fingerprint density at radius 3 is 2.67 bits per heavy atom. The van der Waals surface area contributed by atoms with Gasteiger partial charge in [0, 0.05) is 0 Å². The number of hydrogen-bond donors (Lipinski definition) is 2. The predicted molar refractivity (Wildman–Crippen MR) is 95.0 cm³/mol. The Bertz CT molecular complexity index is 657. The highest BCUT2D eigenvalue weighted by atomic mass is 32.2. The zero-order valence-electron chi connectivity index (χ0n) is 14.7. The minimum absolute atomic E-state index is 0.100. The van der Waals surface area contributed by atoms with Gasteiger partial charge >= 0.3 is 0 Å². The molecule has 1 spiro atoms. The summed E-state index contributed by atoms with van der Waals surface area (Å²) in [6.45, 7) is 5.82. The topological polar surface area (TPSA) is 64.3 Å². The van der Waals surface area contributed by atoms with Gasteiger partial charge in [0.25, 0.3) is 0 Å². The Morgan fingerprint density at radius 2 is 2.08 bits per heavy atom. The van der Waals surface area contributed by atoms with Crippen molar-refractivity contribution in [2.45, 2.75) is 50.2 Å². The third-order valence-corrected chi connectivity index (χ3v) is 7.17. The largest absolute Gasteiger partial charge is 0.494 e. The van der Waals surface area contributed by atoms with E-state index in [4.69, 9.17) is 9.88 Å². The summed E-state index contributed by atoms with van der Waals surface area (Å²) in [6.07, 6.45) is 3.72. The average Bonchev–Trinajstić information content (AvgIpc) is 2.79. The van der Waals surface area contributed by atoms with Gasteiger partial charge in [-0.05, 0) is 87.2 Å². The molecule has 1 unspecified atom stereocenters. The Balaban J connectivity index is 2.04. The minimum atomic E-state index is -1.42. The molecule has 24 heavy (non-hydrogen) atoms. The van der Waals surface area contributed by atoms with Gasteiger partial charge in [0.15, 0.2) is 11.6 Å². The van der Waals surface area contributed by atoms with Crippen LogP contribution in [0.4, 0.5) is 4.39 Å². The fourth-order valence-electron chi connectivity index (χ4n) is 4.43. The van der Waals surface area contributed by atoms with Crippen molar-refractivity contribution in [3.8, 4) is 5.75 Å². The van der Waals surface area contributed by atoms with Crippen LogP contribution >= 0.6 is 0 Å². The van der Waals surface area contributed by atoms with Crippen LogP contribution in [-0.2, 0) is 17.4 Å². The summed E-state index contributed by atoms with van der Waals surface area (Å²) in [5.41, 5.74) is 2.32. The molecule has 1 fully saturated rings. The lowest BCUT2D eigenvalue weighted by Crippen LogP contribution is -2.43. The van der Waals surface area contributed by atoms with Crippen molar-refractivity contribution >= 4 is 11.0 Å². The molecule has 1 aromatic carbocycles. The van der Waals surface area contributed by atoms with Crippen molar-refractivity contribution in [3.63, 3.8) is 0 Å². The van der Waals surface area contributed by atoms with E-state index in [0.717, 1.165) is 37.9 Å². The molecule has 3 rings (SSSR count). The van der Waals surface area contributed by atoms with Crippen LogP contribution < -0.4 is 15.2 Å². The monoisotopic (exact) mass is 354 g/mol. The van der Waals surface area contributed by atoms with Gasteiger partial charge < -0.3 is 10.1 Å². The van der Waals surface area contributed by atoms with Crippen molar-refractivity contribution in [1.29, 1.82) is 0 Å². The van der Waals surface area contributed by atoms with Crippen LogP contribution in [0.15, 0.2) is 12.1 Å². The molecule has 1 heterocycles. The lowest BCUT2D eigenvalue weighted by molar-refractivity contribution is 0.158. The molecule has 0 bridgehead atoms. The van der Waals surface area contributed by atoms with Crippen LogP contribution in [0.3, 0.4) is 0 Å². The number of fused-ring (bicyclic) bond motifs is 1. The second-order valence-corrected chi connectivity index (χ2v) is 9.49. The molecular formula is C18H27FN2O2S. The highest BCUT2D eigenvalue weighted by molar-refractivity contribution is 7.84.